The topological polar surface area (TPSA) is 64.0 Å². The first-order valence-corrected chi connectivity index (χ1v) is 11.6. The molecule has 0 saturated heterocycles. The van der Waals surface area contributed by atoms with Crippen LogP contribution in [0.15, 0.2) is 102 Å². The number of carbonyl (C=O) groups is 1. The molecule has 5 aromatic rings. The number of nitrogens with zero attached hydrogens (tertiary/aromatic N) is 2. The molecule has 1 aromatic heterocycles. The lowest BCUT2D eigenvalue weighted by Crippen LogP contribution is -2.24. The molecule has 0 saturated carbocycles. The number of nitrogens with one attached hydrogen (secondary N) is 1. The largest absolute Gasteiger partial charge is 0.322 e. The van der Waals surface area contributed by atoms with Crippen molar-refractivity contribution in [1.29, 1.82) is 0 Å². The predicted molar refractivity (Wildman–Crippen MR) is 141 cm³/mol. The summed E-state index contributed by atoms with van der Waals surface area (Å²) in [5, 5.41) is 3.76. The Bertz CT molecular complexity index is 1590. The van der Waals surface area contributed by atoms with Crippen molar-refractivity contribution in [2.75, 3.05) is 5.32 Å². The van der Waals surface area contributed by atoms with E-state index < -0.39 is 0 Å². The molecular formula is C29H22ClN3O2. The van der Waals surface area contributed by atoms with Crippen molar-refractivity contribution in [3.63, 3.8) is 0 Å². The van der Waals surface area contributed by atoms with Gasteiger partial charge in [-0.3, -0.25) is 14.2 Å². The Morgan fingerprint density at radius 3 is 2.37 bits per heavy atom. The Hall–Kier alpha value is -4.22. The van der Waals surface area contributed by atoms with Gasteiger partial charge in [0.1, 0.15) is 5.82 Å². The second-order valence-electron chi connectivity index (χ2n) is 8.31. The molecule has 0 aliphatic rings. The van der Waals surface area contributed by atoms with Crippen molar-refractivity contribution in [2.24, 2.45) is 0 Å². The second kappa shape index (κ2) is 9.57. The molecule has 5 nitrogen and oxygen atoms in total. The second-order valence-corrected chi connectivity index (χ2v) is 8.75. The zero-order valence-corrected chi connectivity index (χ0v) is 19.8. The van der Waals surface area contributed by atoms with Gasteiger partial charge in [0.15, 0.2) is 0 Å². The molecule has 1 heterocycles. The van der Waals surface area contributed by atoms with Gasteiger partial charge in [-0.25, -0.2) is 4.98 Å². The van der Waals surface area contributed by atoms with Crippen molar-refractivity contribution < 1.29 is 4.79 Å². The minimum atomic E-state index is -0.300. The molecule has 0 unspecified atom stereocenters. The first-order chi connectivity index (χ1) is 17.0. The normalized spacial score (nSPS) is 10.9. The van der Waals surface area contributed by atoms with Gasteiger partial charge in [0.2, 0.25) is 0 Å². The lowest BCUT2D eigenvalue weighted by Gasteiger charge is -2.13. The molecular weight excluding hydrogens is 458 g/mol. The molecule has 172 valence electrons. The number of amides is 1. The summed E-state index contributed by atoms with van der Waals surface area (Å²) < 4.78 is 1.66. The highest BCUT2D eigenvalue weighted by Gasteiger charge is 2.12. The predicted octanol–water partition coefficient (Wildman–Crippen LogP) is 6.33. The van der Waals surface area contributed by atoms with Gasteiger partial charge in [-0.05, 0) is 60.0 Å². The van der Waals surface area contributed by atoms with Crippen molar-refractivity contribution in [2.45, 2.75) is 13.5 Å². The number of aromatic nitrogens is 2. The molecule has 4 aromatic carbocycles. The number of hydrogen-bond acceptors (Lipinski definition) is 3. The maximum Gasteiger partial charge on any atom is 0.261 e. The SMILES string of the molecule is Cc1nc2ccc(NC(=O)c3cccc(Cl)c3)cc2c(=O)n1Cc1ccc(-c2ccccc2)cc1. The minimum Gasteiger partial charge on any atom is -0.322 e. The molecule has 0 bridgehead atoms. The van der Waals surface area contributed by atoms with E-state index in [2.05, 4.69) is 34.6 Å². The third-order valence-corrected chi connectivity index (χ3v) is 6.13. The molecule has 0 aliphatic heterocycles. The van der Waals surface area contributed by atoms with Crippen LogP contribution in [0.25, 0.3) is 22.0 Å². The summed E-state index contributed by atoms with van der Waals surface area (Å²) in [6, 6.07) is 30.2. The van der Waals surface area contributed by atoms with Crippen molar-refractivity contribution in [3.05, 3.63) is 129 Å². The number of fused-ring (bicyclic) bond motifs is 1. The summed E-state index contributed by atoms with van der Waals surface area (Å²) in [5.74, 6) is 0.330. The fraction of sp³-hybridized carbons (Fsp3) is 0.0690. The number of benzene rings is 4. The molecule has 0 fully saturated rings. The standard InChI is InChI=1S/C29H22ClN3O2/c1-19-31-27-15-14-25(32-28(34)23-8-5-9-24(30)16-23)17-26(27)29(35)33(19)18-20-10-12-22(13-11-20)21-6-3-2-4-7-21/h2-17H,18H2,1H3,(H,32,34). The lowest BCUT2D eigenvalue weighted by atomic mass is 10.0. The van der Waals surface area contributed by atoms with Gasteiger partial charge in [0.25, 0.3) is 11.5 Å². The van der Waals surface area contributed by atoms with Crippen LogP contribution in [-0.4, -0.2) is 15.5 Å². The van der Waals surface area contributed by atoms with Crippen LogP contribution in [0, 0.1) is 6.92 Å². The van der Waals surface area contributed by atoms with Gasteiger partial charge in [-0.1, -0.05) is 72.3 Å². The summed E-state index contributed by atoms with van der Waals surface area (Å²) in [6.45, 7) is 2.23. The van der Waals surface area contributed by atoms with E-state index in [4.69, 9.17) is 11.6 Å². The van der Waals surface area contributed by atoms with Crippen molar-refractivity contribution in [1.82, 2.24) is 9.55 Å². The third kappa shape index (κ3) is 4.86. The maximum absolute atomic E-state index is 13.4. The van der Waals surface area contributed by atoms with Crippen LogP contribution in [0.1, 0.15) is 21.7 Å². The maximum atomic E-state index is 13.4. The highest BCUT2D eigenvalue weighted by atomic mass is 35.5. The Morgan fingerprint density at radius 2 is 1.63 bits per heavy atom. The Morgan fingerprint density at radius 1 is 0.886 bits per heavy atom. The quantitative estimate of drug-likeness (QED) is 0.320. The van der Waals surface area contributed by atoms with E-state index in [0.29, 0.717) is 39.5 Å². The molecule has 0 radical (unpaired) electrons. The average molecular weight is 480 g/mol. The fourth-order valence-electron chi connectivity index (χ4n) is 4.04. The van der Waals surface area contributed by atoms with Gasteiger partial charge in [-0.2, -0.15) is 0 Å². The smallest absolute Gasteiger partial charge is 0.261 e. The molecule has 5 rings (SSSR count). The van der Waals surface area contributed by atoms with Crippen molar-refractivity contribution >= 4 is 34.1 Å². The van der Waals surface area contributed by atoms with E-state index >= 15 is 0 Å². The van der Waals surface area contributed by atoms with Crippen LogP contribution in [0.4, 0.5) is 5.69 Å². The van der Waals surface area contributed by atoms with Gasteiger partial charge in [0.05, 0.1) is 17.4 Å². The minimum absolute atomic E-state index is 0.154. The first kappa shape index (κ1) is 22.6. The summed E-state index contributed by atoms with van der Waals surface area (Å²) in [5.41, 5.74) is 4.66. The molecule has 0 atom stereocenters. The fourth-order valence-corrected chi connectivity index (χ4v) is 4.23. The summed E-state index contributed by atoms with van der Waals surface area (Å²) in [7, 11) is 0. The van der Waals surface area contributed by atoms with Crippen LogP contribution in [0.5, 0.6) is 0 Å². The number of carbonyl (C=O) groups excluding carboxylic acids is 1. The van der Waals surface area contributed by atoms with E-state index in [1.54, 1.807) is 47.0 Å². The lowest BCUT2D eigenvalue weighted by molar-refractivity contribution is 0.102. The van der Waals surface area contributed by atoms with Gasteiger partial charge < -0.3 is 5.32 Å². The summed E-state index contributed by atoms with van der Waals surface area (Å²) in [4.78, 5) is 30.6. The van der Waals surface area contributed by atoms with E-state index in [1.807, 2.05) is 37.3 Å². The third-order valence-electron chi connectivity index (χ3n) is 5.89. The Balaban J connectivity index is 1.43. The van der Waals surface area contributed by atoms with Gasteiger partial charge in [0, 0.05) is 16.3 Å². The summed E-state index contributed by atoms with van der Waals surface area (Å²) >= 11 is 6.00. The molecule has 0 spiro atoms. The van der Waals surface area contributed by atoms with Crippen LogP contribution >= 0.6 is 11.6 Å². The number of aryl methyl sites for hydroxylation is 1. The Labute approximate surface area is 207 Å². The van der Waals surface area contributed by atoms with Crippen LogP contribution < -0.4 is 10.9 Å². The molecule has 35 heavy (non-hydrogen) atoms. The number of halogens is 1. The van der Waals surface area contributed by atoms with E-state index in [0.717, 1.165) is 16.7 Å². The molecule has 0 aliphatic carbocycles. The number of anilines is 1. The zero-order valence-electron chi connectivity index (χ0n) is 19.0. The number of hydrogen-bond donors (Lipinski definition) is 1. The Kier molecular flexibility index (Phi) is 6.17. The van der Waals surface area contributed by atoms with Gasteiger partial charge in [-0.15, -0.1) is 0 Å². The molecule has 1 N–H and O–H groups in total. The molecule has 6 heteroatoms. The monoisotopic (exact) mass is 479 g/mol. The average Bonchev–Trinajstić information content (AvgIpc) is 2.88. The van der Waals surface area contributed by atoms with Crippen LogP contribution in [0.2, 0.25) is 5.02 Å². The van der Waals surface area contributed by atoms with E-state index in [9.17, 15) is 9.59 Å². The van der Waals surface area contributed by atoms with E-state index in [-0.39, 0.29) is 11.5 Å². The van der Waals surface area contributed by atoms with Crippen LogP contribution in [-0.2, 0) is 6.54 Å². The summed E-state index contributed by atoms with van der Waals surface area (Å²) in [6.07, 6.45) is 0. The van der Waals surface area contributed by atoms with Crippen molar-refractivity contribution in [3.8, 4) is 11.1 Å². The first-order valence-electron chi connectivity index (χ1n) is 11.2. The highest BCUT2D eigenvalue weighted by molar-refractivity contribution is 6.31. The van der Waals surface area contributed by atoms with Crippen LogP contribution in [0.3, 0.4) is 0 Å². The zero-order chi connectivity index (χ0) is 24.4. The highest BCUT2D eigenvalue weighted by Crippen LogP contribution is 2.21. The van der Waals surface area contributed by atoms with Gasteiger partial charge >= 0.3 is 0 Å². The molecule has 1 amide bonds. The number of rotatable bonds is 5. The van der Waals surface area contributed by atoms with E-state index in [1.165, 1.54) is 0 Å².